The van der Waals surface area contributed by atoms with Crippen LogP contribution in [0.25, 0.3) is 0 Å². The number of guanidine groups is 1. The van der Waals surface area contributed by atoms with E-state index in [-0.39, 0.29) is 30.2 Å². The molecule has 11 heteroatoms. The quantitative estimate of drug-likeness (QED) is 0.224. The lowest BCUT2D eigenvalue weighted by molar-refractivity contribution is -0.133. The van der Waals surface area contributed by atoms with Crippen LogP contribution in [-0.2, 0) is 27.2 Å². The van der Waals surface area contributed by atoms with Crippen molar-refractivity contribution in [3.05, 3.63) is 65.2 Å². The lowest BCUT2D eigenvalue weighted by atomic mass is 9.99. The molecule has 0 aliphatic carbocycles. The number of nitrogens with two attached hydrogens (primary N) is 2. The molecule has 1 aliphatic heterocycles. The number of nitrogens with zero attached hydrogens (tertiary/aromatic N) is 1. The van der Waals surface area contributed by atoms with Crippen molar-refractivity contribution in [3.63, 3.8) is 0 Å². The van der Waals surface area contributed by atoms with Crippen molar-refractivity contribution in [2.24, 2.45) is 28.3 Å². The topological polar surface area (TPSA) is 173 Å². The summed E-state index contributed by atoms with van der Waals surface area (Å²) in [4.78, 5) is 44.2. The second-order valence-electron chi connectivity index (χ2n) is 11.3. The molecule has 0 radical (unpaired) electrons. The number of rotatable bonds is 5. The van der Waals surface area contributed by atoms with Gasteiger partial charge >= 0.3 is 0 Å². The van der Waals surface area contributed by atoms with Crippen molar-refractivity contribution in [3.8, 4) is 5.75 Å². The number of aliphatic imine (C=N–C) groups is 1. The van der Waals surface area contributed by atoms with Crippen LogP contribution in [0.2, 0.25) is 0 Å². The van der Waals surface area contributed by atoms with E-state index in [1.807, 2.05) is 76.2 Å². The van der Waals surface area contributed by atoms with Crippen LogP contribution in [0.5, 0.6) is 5.75 Å². The molecule has 1 aliphatic rings. The molecule has 11 nitrogen and oxygen atoms in total. The molecule has 228 valence electrons. The first-order valence-corrected chi connectivity index (χ1v) is 14.5. The summed E-state index contributed by atoms with van der Waals surface area (Å²) in [6.45, 7) is 8.69. The van der Waals surface area contributed by atoms with E-state index in [4.69, 9.17) is 16.2 Å². The number of nitrogens with one attached hydrogen (secondary N) is 4. The third-order valence-electron chi connectivity index (χ3n) is 7.09. The van der Waals surface area contributed by atoms with Crippen LogP contribution in [-0.4, -0.2) is 68.0 Å². The minimum absolute atomic E-state index is 0.0801. The zero-order valence-electron chi connectivity index (χ0n) is 25.0. The standard InChI is InChI=1S/C31H45N7O4/c1-19(2)27-30(41)37-25(18-36-31(32)33)28(39)35-17-21(4)15-23-10-5-6-11-26(23)42-13-12-34-24(29(40)38-27)16-22-9-7-8-20(3)14-22/h5-11,14,19,21,24-25,27,34H,12-13,15-18H2,1-4H3,(H,35,39)(H,37,41)(H,38,40)(H4,32,33,36)/t21?,24-,25+,27-/m1/s1. The van der Waals surface area contributed by atoms with Gasteiger partial charge in [-0.1, -0.05) is 68.8 Å². The second-order valence-corrected chi connectivity index (χ2v) is 11.3. The summed E-state index contributed by atoms with van der Waals surface area (Å²) in [6, 6.07) is 13.2. The number of aryl methyl sites for hydroxylation is 1. The molecule has 1 unspecified atom stereocenters. The van der Waals surface area contributed by atoms with Crippen molar-refractivity contribution in [2.75, 3.05) is 26.2 Å². The summed E-state index contributed by atoms with van der Waals surface area (Å²) in [5.41, 5.74) is 14.1. The molecule has 0 fully saturated rings. The third kappa shape index (κ3) is 10.1. The molecule has 0 bridgehead atoms. The van der Waals surface area contributed by atoms with Gasteiger partial charge in [-0.3, -0.25) is 19.4 Å². The number of carbonyl (C=O) groups excluding carboxylic acids is 3. The van der Waals surface area contributed by atoms with E-state index < -0.39 is 29.9 Å². The highest BCUT2D eigenvalue weighted by Crippen LogP contribution is 2.21. The smallest absolute Gasteiger partial charge is 0.244 e. The number of amides is 3. The first kappa shape index (κ1) is 32.4. The Balaban J connectivity index is 1.91. The Bertz CT molecular complexity index is 1250. The van der Waals surface area contributed by atoms with Crippen LogP contribution >= 0.6 is 0 Å². The number of benzene rings is 2. The molecule has 0 saturated carbocycles. The zero-order valence-corrected chi connectivity index (χ0v) is 25.0. The Hall–Kier alpha value is -4.12. The van der Waals surface area contributed by atoms with Crippen molar-refractivity contribution in [1.29, 1.82) is 0 Å². The van der Waals surface area contributed by atoms with E-state index in [1.54, 1.807) is 0 Å². The third-order valence-corrected chi connectivity index (χ3v) is 7.09. The van der Waals surface area contributed by atoms with Crippen LogP contribution < -0.4 is 37.5 Å². The van der Waals surface area contributed by atoms with Crippen LogP contribution in [0.1, 0.15) is 37.5 Å². The molecule has 0 spiro atoms. The van der Waals surface area contributed by atoms with Crippen LogP contribution in [0.15, 0.2) is 53.5 Å². The first-order valence-electron chi connectivity index (χ1n) is 14.5. The number of ether oxygens (including phenoxy) is 1. The predicted molar refractivity (Wildman–Crippen MR) is 164 cm³/mol. The molecule has 4 atom stereocenters. The van der Waals surface area contributed by atoms with Crippen LogP contribution in [0.4, 0.5) is 0 Å². The van der Waals surface area contributed by atoms with E-state index in [0.29, 0.717) is 32.5 Å². The minimum Gasteiger partial charge on any atom is -0.492 e. The van der Waals surface area contributed by atoms with Gasteiger partial charge in [0, 0.05) is 13.1 Å². The van der Waals surface area contributed by atoms with E-state index in [2.05, 4.69) is 26.3 Å². The van der Waals surface area contributed by atoms with E-state index in [9.17, 15) is 14.4 Å². The van der Waals surface area contributed by atoms with Gasteiger partial charge in [-0.2, -0.15) is 0 Å². The number of hydrogen-bond acceptors (Lipinski definition) is 6. The van der Waals surface area contributed by atoms with Gasteiger partial charge in [-0.15, -0.1) is 0 Å². The molecule has 1 heterocycles. The van der Waals surface area contributed by atoms with E-state index in [0.717, 1.165) is 22.4 Å². The summed E-state index contributed by atoms with van der Waals surface area (Å²) >= 11 is 0. The summed E-state index contributed by atoms with van der Waals surface area (Å²) in [6.07, 6.45) is 1.09. The lowest BCUT2D eigenvalue weighted by Gasteiger charge is -2.27. The maximum atomic E-state index is 13.6. The Labute approximate surface area is 248 Å². The maximum Gasteiger partial charge on any atom is 0.244 e. The fraction of sp³-hybridized carbons (Fsp3) is 0.484. The fourth-order valence-corrected chi connectivity index (χ4v) is 4.83. The zero-order chi connectivity index (χ0) is 30.6. The summed E-state index contributed by atoms with van der Waals surface area (Å²) in [5.74, 6) is -0.853. The van der Waals surface area contributed by atoms with E-state index >= 15 is 0 Å². The Kier molecular flexibility index (Phi) is 12.2. The lowest BCUT2D eigenvalue weighted by Crippen LogP contribution is -2.59. The number of hydrogen-bond donors (Lipinski definition) is 6. The first-order chi connectivity index (χ1) is 20.0. The molecule has 8 N–H and O–H groups in total. The highest BCUT2D eigenvalue weighted by Gasteiger charge is 2.31. The normalized spacial score (nSPS) is 22.8. The molecule has 2 aromatic carbocycles. The fourth-order valence-electron chi connectivity index (χ4n) is 4.83. The molecule has 3 rings (SSSR count). The van der Waals surface area contributed by atoms with Crippen molar-refractivity contribution >= 4 is 23.7 Å². The van der Waals surface area contributed by atoms with Gasteiger partial charge in [-0.25, -0.2) is 0 Å². The van der Waals surface area contributed by atoms with Gasteiger partial charge in [0.2, 0.25) is 17.7 Å². The monoisotopic (exact) mass is 579 g/mol. The number of carbonyl (C=O) groups is 3. The van der Waals surface area contributed by atoms with Gasteiger partial charge in [-0.05, 0) is 48.8 Å². The molecule has 0 aromatic heterocycles. The van der Waals surface area contributed by atoms with Gasteiger partial charge < -0.3 is 37.5 Å². The van der Waals surface area contributed by atoms with Crippen LogP contribution in [0.3, 0.4) is 0 Å². The summed E-state index contributed by atoms with van der Waals surface area (Å²) in [5, 5.41) is 11.9. The highest BCUT2D eigenvalue weighted by molar-refractivity contribution is 5.93. The Morgan fingerprint density at radius 2 is 1.76 bits per heavy atom. The Morgan fingerprint density at radius 3 is 2.48 bits per heavy atom. The van der Waals surface area contributed by atoms with Crippen molar-refractivity contribution < 1.29 is 19.1 Å². The number of fused-ring (bicyclic) bond motifs is 1. The second kappa shape index (κ2) is 15.8. The van der Waals surface area contributed by atoms with Gasteiger partial charge in [0.15, 0.2) is 5.96 Å². The molecular weight excluding hydrogens is 534 g/mol. The maximum absolute atomic E-state index is 13.6. The minimum atomic E-state index is -1.03. The SMILES string of the molecule is Cc1cccc(C[C@H]2NCCOc3ccccc3CC(C)CNC(=O)[C@H](CN=C(N)N)NC(=O)[C@@H](C(C)C)NC2=O)c1. The molecule has 42 heavy (non-hydrogen) atoms. The molecule has 2 aromatic rings. The van der Waals surface area contributed by atoms with Crippen molar-refractivity contribution in [1.82, 2.24) is 21.3 Å². The van der Waals surface area contributed by atoms with Crippen LogP contribution in [0, 0.1) is 18.8 Å². The molecular formula is C31H45N7O4. The molecule has 0 saturated heterocycles. The average Bonchev–Trinajstić information content (AvgIpc) is 2.94. The summed E-state index contributed by atoms with van der Waals surface area (Å²) < 4.78 is 6.12. The van der Waals surface area contributed by atoms with Gasteiger partial charge in [0.05, 0.1) is 12.6 Å². The van der Waals surface area contributed by atoms with Gasteiger partial charge in [0.1, 0.15) is 24.4 Å². The largest absolute Gasteiger partial charge is 0.492 e. The molecule has 3 amide bonds. The number of para-hydroxylation sites is 1. The Morgan fingerprint density at radius 1 is 1.00 bits per heavy atom. The summed E-state index contributed by atoms with van der Waals surface area (Å²) in [7, 11) is 0. The van der Waals surface area contributed by atoms with Crippen molar-refractivity contribution in [2.45, 2.75) is 58.7 Å². The highest BCUT2D eigenvalue weighted by atomic mass is 16.5. The van der Waals surface area contributed by atoms with E-state index in [1.165, 1.54) is 0 Å². The average molecular weight is 580 g/mol. The predicted octanol–water partition coefficient (Wildman–Crippen LogP) is 0.782. The van der Waals surface area contributed by atoms with Gasteiger partial charge in [0.25, 0.3) is 0 Å².